The van der Waals surface area contributed by atoms with Gasteiger partial charge in [-0.3, -0.25) is 0 Å². The molecule has 0 fully saturated rings. The smallest absolute Gasteiger partial charge is 0.151 e. The van der Waals surface area contributed by atoms with Gasteiger partial charge in [0, 0.05) is 11.1 Å². The lowest BCUT2D eigenvalue weighted by Crippen LogP contribution is -2.16. The summed E-state index contributed by atoms with van der Waals surface area (Å²) in [7, 11) is 0. The van der Waals surface area contributed by atoms with E-state index in [1.54, 1.807) is 0 Å². The van der Waals surface area contributed by atoms with Crippen LogP contribution in [0.4, 0.5) is 17.1 Å². The van der Waals surface area contributed by atoms with Crippen molar-refractivity contribution in [1.82, 2.24) is 0 Å². The van der Waals surface area contributed by atoms with Gasteiger partial charge in [0.2, 0.25) is 0 Å². The summed E-state index contributed by atoms with van der Waals surface area (Å²) in [6.07, 6.45) is 0. The van der Waals surface area contributed by atoms with E-state index in [1.165, 1.54) is 76.8 Å². The maximum atomic E-state index is 6.45. The van der Waals surface area contributed by atoms with E-state index in [1.807, 2.05) is 12.1 Å². The monoisotopic (exact) mass is 677 g/mol. The highest BCUT2D eigenvalue weighted by molar-refractivity contribution is 6.25. The first kappa shape index (κ1) is 30.0. The first-order valence-electron chi connectivity index (χ1n) is 18.4. The molecule has 9 aromatic rings. The molecule has 0 saturated carbocycles. The number of fused-ring (bicyclic) bond motifs is 11. The van der Waals surface area contributed by atoms with E-state index in [0.717, 1.165) is 28.6 Å². The fourth-order valence-electron chi connectivity index (χ4n) is 9.03. The zero-order valence-corrected chi connectivity index (χ0v) is 29.6. The molecule has 0 amide bonds. The van der Waals surface area contributed by atoms with Gasteiger partial charge < -0.3 is 9.64 Å². The zero-order chi connectivity index (χ0) is 35.3. The molecule has 0 N–H and O–H groups in total. The molecule has 0 saturated heterocycles. The summed E-state index contributed by atoms with van der Waals surface area (Å²) >= 11 is 0. The van der Waals surface area contributed by atoms with Crippen LogP contribution in [0.2, 0.25) is 0 Å². The second-order valence-corrected chi connectivity index (χ2v) is 14.9. The third-order valence-electron chi connectivity index (χ3n) is 11.6. The van der Waals surface area contributed by atoms with E-state index < -0.39 is 0 Å². The van der Waals surface area contributed by atoms with Gasteiger partial charge in [-0.05, 0) is 131 Å². The van der Waals surface area contributed by atoms with Crippen molar-refractivity contribution in [1.29, 1.82) is 0 Å². The highest BCUT2D eigenvalue weighted by Gasteiger charge is 2.35. The Morgan fingerprint density at radius 1 is 0.377 bits per heavy atom. The van der Waals surface area contributed by atoms with E-state index in [0.29, 0.717) is 0 Å². The van der Waals surface area contributed by atoms with Gasteiger partial charge in [0.05, 0.1) is 11.4 Å². The van der Waals surface area contributed by atoms with Crippen LogP contribution in [0.25, 0.3) is 65.7 Å². The van der Waals surface area contributed by atoms with Gasteiger partial charge in [0.1, 0.15) is 0 Å². The number of anilines is 3. The molecule has 0 spiro atoms. The van der Waals surface area contributed by atoms with E-state index >= 15 is 0 Å². The molecular weight excluding hydrogens is 643 g/mol. The van der Waals surface area contributed by atoms with Crippen LogP contribution in [0, 0.1) is 0 Å². The van der Waals surface area contributed by atoms with Crippen molar-refractivity contribution in [2.75, 3.05) is 4.90 Å². The highest BCUT2D eigenvalue weighted by Crippen LogP contribution is 2.53. The van der Waals surface area contributed by atoms with Crippen molar-refractivity contribution in [2.24, 2.45) is 0 Å². The largest absolute Gasteiger partial charge is 0.453 e. The van der Waals surface area contributed by atoms with E-state index in [-0.39, 0.29) is 5.41 Å². The van der Waals surface area contributed by atoms with Crippen molar-refractivity contribution in [3.05, 3.63) is 187 Å². The average molecular weight is 678 g/mol. The molecule has 2 nitrogen and oxygen atoms in total. The second kappa shape index (κ2) is 11.2. The first-order chi connectivity index (χ1) is 26.0. The fraction of sp³-hybridized carbons (Fsp3) is 0.0588. The highest BCUT2D eigenvalue weighted by atomic mass is 16.5. The van der Waals surface area contributed by atoms with E-state index in [2.05, 4.69) is 183 Å². The van der Waals surface area contributed by atoms with E-state index in [4.69, 9.17) is 4.74 Å². The summed E-state index contributed by atoms with van der Waals surface area (Å²) in [4.78, 5) is 2.36. The van der Waals surface area contributed by atoms with Crippen LogP contribution in [-0.2, 0) is 5.41 Å². The van der Waals surface area contributed by atoms with Crippen molar-refractivity contribution in [3.63, 3.8) is 0 Å². The lowest BCUT2D eigenvalue weighted by Gasteiger charge is -2.33. The van der Waals surface area contributed by atoms with Crippen LogP contribution in [0.3, 0.4) is 0 Å². The summed E-state index contributed by atoms with van der Waals surface area (Å²) in [6.45, 7) is 4.71. The van der Waals surface area contributed by atoms with Gasteiger partial charge in [-0.1, -0.05) is 135 Å². The molecule has 0 radical (unpaired) electrons. The molecular formula is C51H35NO. The maximum Gasteiger partial charge on any atom is 0.151 e. The minimum Gasteiger partial charge on any atom is -0.453 e. The Kier molecular flexibility index (Phi) is 6.33. The average Bonchev–Trinajstić information content (AvgIpc) is 3.45. The molecule has 9 aromatic carbocycles. The van der Waals surface area contributed by atoms with Gasteiger partial charge >= 0.3 is 0 Å². The van der Waals surface area contributed by atoms with Crippen molar-refractivity contribution in [3.8, 4) is 44.9 Å². The molecule has 0 atom stereocenters. The van der Waals surface area contributed by atoms with E-state index in [9.17, 15) is 0 Å². The third-order valence-corrected chi connectivity index (χ3v) is 11.6. The number of ether oxygens (including phenoxy) is 1. The summed E-state index contributed by atoms with van der Waals surface area (Å²) in [5, 5.41) is 7.67. The molecule has 1 aliphatic heterocycles. The van der Waals surface area contributed by atoms with Crippen LogP contribution < -0.4 is 9.64 Å². The Morgan fingerprint density at radius 3 is 1.53 bits per heavy atom. The molecule has 53 heavy (non-hydrogen) atoms. The molecule has 0 bridgehead atoms. The molecule has 2 aliphatic rings. The summed E-state index contributed by atoms with van der Waals surface area (Å²) in [6, 6.07) is 64.3. The number of rotatable bonds is 3. The molecule has 1 heterocycles. The Bertz CT molecular complexity index is 2890. The van der Waals surface area contributed by atoms with Crippen LogP contribution in [0.1, 0.15) is 25.0 Å². The molecule has 11 rings (SSSR count). The molecule has 2 heteroatoms. The minimum atomic E-state index is -0.0906. The van der Waals surface area contributed by atoms with Gasteiger partial charge in [0.15, 0.2) is 11.5 Å². The van der Waals surface area contributed by atoms with Crippen LogP contribution in [-0.4, -0.2) is 0 Å². The predicted octanol–water partition coefficient (Wildman–Crippen LogP) is 14.4. The summed E-state index contributed by atoms with van der Waals surface area (Å²) < 4.78 is 6.45. The van der Waals surface area contributed by atoms with Crippen LogP contribution in [0.15, 0.2) is 176 Å². The number of hydrogen-bond acceptors (Lipinski definition) is 2. The van der Waals surface area contributed by atoms with Gasteiger partial charge in [0.25, 0.3) is 0 Å². The van der Waals surface area contributed by atoms with Crippen LogP contribution >= 0.6 is 0 Å². The van der Waals surface area contributed by atoms with Crippen molar-refractivity contribution < 1.29 is 4.74 Å². The fourth-order valence-corrected chi connectivity index (χ4v) is 9.03. The zero-order valence-electron chi connectivity index (χ0n) is 29.6. The van der Waals surface area contributed by atoms with Crippen LogP contribution in [0.5, 0.6) is 11.5 Å². The Labute approximate surface area is 309 Å². The predicted molar refractivity (Wildman–Crippen MR) is 222 cm³/mol. The SMILES string of the molecule is CC1(C)c2ccccc2-c2ccc(-c3cc(-c4ccc5c6ccccc6c6ccccc6c5c4)cc(N4c5ccccc5Oc5ccccc54)c3)cc21. The standard InChI is InChI=1S/C51H35NO/c1-51(2)45-18-8-7-17-42(45)43-26-24-33(31-46(43)51)35-27-34(28-36(29-35)52-47-19-9-11-21-49(47)53-50-22-12-10-20-48(50)52)32-23-25-41-39-15-4-3-13-37(39)38-14-5-6-16-40(38)44(41)30-32/h3-31H,1-2H3. The maximum absolute atomic E-state index is 6.45. The number of hydrogen-bond donors (Lipinski definition) is 0. The lowest BCUT2D eigenvalue weighted by molar-refractivity contribution is 0.477. The Morgan fingerprint density at radius 2 is 0.868 bits per heavy atom. The number of para-hydroxylation sites is 4. The summed E-state index contributed by atoms with van der Waals surface area (Å²) in [5.74, 6) is 1.69. The van der Waals surface area contributed by atoms with Crippen molar-refractivity contribution >= 4 is 49.4 Å². The topological polar surface area (TPSA) is 12.5 Å². The molecule has 250 valence electrons. The first-order valence-corrected chi connectivity index (χ1v) is 18.4. The Balaban J connectivity index is 1.17. The minimum absolute atomic E-state index is 0.0906. The molecule has 0 aromatic heterocycles. The Hall–Kier alpha value is -6.64. The molecule has 0 unspecified atom stereocenters. The number of nitrogens with zero attached hydrogens (tertiary/aromatic N) is 1. The van der Waals surface area contributed by atoms with Gasteiger partial charge in [-0.25, -0.2) is 0 Å². The lowest BCUT2D eigenvalue weighted by atomic mass is 9.81. The quantitative estimate of drug-likeness (QED) is 0.173. The van der Waals surface area contributed by atoms with Gasteiger partial charge in [-0.15, -0.1) is 0 Å². The normalized spacial score (nSPS) is 13.7. The third kappa shape index (κ3) is 4.45. The number of benzene rings is 9. The van der Waals surface area contributed by atoms with Gasteiger partial charge in [-0.2, -0.15) is 0 Å². The summed E-state index contributed by atoms with van der Waals surface area (Å²) in [5.41, 5.74) is 13.2. The second-order valence-electron chi connectivity index (χ2n) is 14.9. The van der Waals surface area contributed by atoms with Crippen molar-refractivity contribution in [2.45, 2.75) is 19.3 Å². The molecule has 1 aliphatic carbocycles.